The van der Waals surface area contributed by atoms with Crippen LogP contribution in [0.5, 0.6) is 0 Å². The van der Waals surface area contributed by atoms with E-state index in [1.54, 1.807) is 11.3 Å². The maximum atomic E-state index is 12.4. The molecule has 0 saturated carbocycles. The summed E-state index contributed by atoms with van der Waals surface area (Å²) in [6.07, 6.45) is 0. The Labute approximate surface area is 121 Å². The topological polar surface area (TPSA) is 17.1 Å². The Kier molecular flexibility index (Phi) is 3.85. The lowest BCUT2D eigenvalue weighted by Gasteiger charge is -2.03. The highest BCUT2D eigenvalue weighted by Crippen LogP contribution is 2.28. The largest absolute Gasteiger partial charge is 0.288 e. The van der Waals surface area contributed by atoms with E-state index in [0.717, 1.165) is 19.4 Å². The third-order valence-corrected chi connectivity index (χ3v) is 4.72. The Morgan fingerprint density at radius 2 is 1.88 bits per heavy atom. The minimum Gasteiger partial charge on any atom is -0.288 e. The van der Waals surface area contributed by atoms with Gasteiger partial charge in [0.2, 0.25) is 5.78 Å². The molecule has 0 bridgehead atoms. The van der Waals surface area contributed by atoms with E-state index in [4.69, 9.17) is 0 Å². The third kappa shape index (κ3) is 2.69. The molecule has 0 amide bonds. The molecule has 0 N–H and O–H groups in total. The molecule has 1 aromatic heterocycles. The number of hydrogen-bond acceptors (Lipinski definition) is 2. The first-order chi connectivity index (χ1) is 7.99. The van der Waals surface area contributed by atoms with Crippen molar-refractivity contribution in [3.05, 3.63) is 54.1 Å². The summed E-state index contributed by atoms with van der Waals surface area (Å²) in [5.74, 6) is 0.0833. The summed E-state index contributed by atoms with van der Waals surface area (Å²) in [6, 6.07) is 7.66. The van der Waals surface area contributed by atoms with Crippen LogP contribution in [0.4, 0.5) is 0 Å². The predicted molar refractivity (Wildman–Crippen MR) is 79.1 cm³/mol. The van der Waals surface area contributed by atoms with E-state index < -0.39 is 0 Å². The predicted octanol–water partition coefficient (Wildman–Crippen LogP) is 5.12. The summed E-state index contributed by atoms with van der Waals surface area (Å²) in [4.78, 5) is 14.4. The van der Waals surface area contributed by atoms with Crippen molar-refractivity contribution in [1.82, 2.24) is 0 Å². The molecule has 17 heavy (non-hydrogen) atoms. The van der Waals surface area contributed by atoms with Crippen LogP contribution in [0.3, 0.4) is 0 Å². The number of rotatable bonds is 2. The van der Waals surface area contributed by atoms with Crippen molar-refractivity contribution < 1.29 is 4.79 Å². The summed E-state index contributed by atoms with van der Waals surface area (Å²) in [6.45, 7) is 3.99. The average molecular weight is 374 g/mol. The first kappa shape index (κ1) is 13.0. The van der Waals surface area contributed by atoms with Gasteiger partial charge in [0.1, 0.15) is 0 Å². The number of hydrogen-bond donors (Lipinski definition) is 0. The molecule has 0 atom stereocenters. The number of carbonyl (C=O) groups is 1. The van der Waals surface area contributed by atoms with Crippen LogP contribution >= 0.6 is 43.2 Å². The molecule has 1 nitrogen and oxygen atoms in total. The van der Waals surface area contributed by atoms with Gasteiger partial charge in [-0.3, -0.25) is 4.79 Å². The lowest BCUT2D eigenvalue weighted by molar-refractivity contribution is 0.104. The molecule has 0 aliphatic heterocycles. The summed E-state index contributed by atoms with van der Waals surface area (Å²) in [5, 5.41) is 0. The van der Waals surface area contributed by atoms with Gasteiger partial charge >= 0.3 is 0 Å². The van der Waals surface area contributed by atoms with Gasteiger partial charge in [0.05, 0.1) is 4.88 Å². The Hall–Kier alpha value is -0.450. The zero-order chi connectivity index (χ0) is 12.6. The monoisotopic (exact) mass is 372 g/mol. The van der Waals surface area contributed by atoms with Crippen LogP contribution < -0.4 is 0 Å². The SMILES string of the molecule is Cc1cc(C)c(C(=O)c2ccc(Br)cc2Br)s1. The second-order valence-corrected chi connectivity index (χ2v) is 6.85. The van der Waals surface area contributed by atoms with Gasteiger partial charge in [-0.15, -0.1) is 11.3 Å². The molecule has 88 valence electrons. The molecular weight excluding hydrogens is 364 g/mol. The van der Waals surface area contributed by atoms with E-state index in [1.807, 2.05) is 38.1 Å². The average Bonchev–Trinajstić information content (AvgIpc) is 2.57. The van der Waals surface area contributed by atoms with Crippen molar-refractivity contribution in [3.63, 3.8) is 0 Å². The number of aryl methyl sites for hydroxylation is 2. The van der Waals surface area contributed by atoms with E-state index in [0.29, 0.717) is 5.56 Å². The van der Waals surface area contributed by atoms with Crippen LogP contribution in [0, 0.1) is 13.8 Å². The third-order valence-electron chi connectivity index (χ3n) is 2.42. The highest BCUT2D eigenvalue weighted by Gasteiger charge is 2.17. The van der Waals surface area contributed by atoms with Crippen LogP contribution in [-0.2, 0) is 0 Å². The molecule has 2 aromatic rings. The Morgan fingerprint density at radius 1 is 1.18 bits per heavy atom. The lowest BCUT2D eigenvalue weighted by atomic mass is 10.1. The summed E-state index contributed by atoms with van der Waals surface area (Å²) < 4.78 is 1.78. The molecule has 0 fully saturated rings. The fourth-order valence-electron chi connectivity index (χ4n) is 1.66. The molecule has 0 radical (unpaired) electrons. The zero-order valence-electron chi connectivity index (χ0n) is 9.38. The van der Waals surface area contributed by atoms with Gasteiger partial charge in [0.15, 0.2) is 0 Å². The Morgan fingerprint density at radius 3 is 2.41 bits per heavy atom. The molecule has 2 rings (SSSR count). The Balaban J connectivity index is 2.47. The number of carbonyl (C=O) groups excluding carboxylic acids is 1. The van der Waals surface area contributed by atoms with Gasteiger partial charge in [0.25, 0.3) is 0 Å². The van der Waals surface area contributed by atoms with Gasteiger partial charge in [-0.05, 0) is 59.6 Å². The molecule has 0 unspecified atom stereocenters. The summed E-state index contributed by atoms with van der Waals surface area (Å²) >= 11 is 8.36. The van der Waals surface area contributed by atoms with Crippen LogP contribution in [0.1, 0.15) is 25.7 Å². The van der Waals surface area contributed by atoms with Gasteiger partial charge < -0.3 is 0 Å². The molecule has 0 aliphatic rings. The standard InChI is InChI=1S/C13H10Br2OS/c1-7-5-8(2)17-13(7)12(16)10-4-3-9(14)6-11(10)15/h3-6H,1-2H3. The highest BCUT2D eigenvalue weighted by molar-refractivity contribution is 9.11. The van der Waals surface area contributed by atoms with E-state index in [1.165, 1.54) is 4.88 Å². The molecule has 0 saturated heterocycles. The molecule has 1 aromatic carbocycles. The number of thiophene rings is 1. The highest BCUT2D eigenvalue weighted by atomic mass is 79.9. The molecule has 0 spiro atoms. The number of benzene rings is 1. The number of ketones is 1. The quantitative estimate of drug-likeness (QED) is 0.667. The summed E-state index contributed by atoms with van der Waals surface area (Å²) in [5.41, 5.74) is 1.76. The minimum atomic E-state index is 0.0833. The van der Waals surface area contributed by atoms with Crippen molar-refractivity contribution in [2.24, 2.45) is 0 Å². The van der Waals surface area contributed by atoms with Crippen molar-refractivity contribution in [1.29, 1.82) is 0 Å². The fraction of sp³-hybridized carbons (Fsp3) is 0.154. The van der Waals surface area contributed by atoms with Gasteiger partial charge in [-0.2, -0.15) is 0 Å². The van der Waals surface area contributed by atoms with E-state index >= 15 is 0 Å². The second kappa shape index (κ2) is 5.04. The maximum Gasteiger partial charge on any atom is 0.204 e. The van der Waals surface area contributed by atoms with Crippen LogP contribution in [-0.4, -0.2) is 5.78 Å². The minimum absolute atomic E-state index is 0.0833. The van der Waals surface area contributed by atoms with Gasteiger partial charge in [-0.25, -0.2) is 0 Å². The zero-order valence-corrected chi connectivity index (χ0v) is 13.4. The van der Waals surface area contributed by atoms with Crippen LogP contribution in [0.2, 0.25) is 0 Å². The first-order valence-corrected chi connectivity index (χ1v) is 7.46. The first-order valence-electron chi connectivity index (χ1n) is 5.06. The van der Waals surface area contributed by atoms with Crippen molar-refractivity contribution in [3.8, 4) is 0 Å². The van der Waals surface area contributed by atoms with E-state index in [-0.39, 0.29) is 5.78 Å². The molecule has 1 heterocycles. The van der Waals surface area contributed by atoms with Crippen molar-refractivity contribution in [2.45, 2.75) is 13.8 Å². The molecular formula is C13H10Br2OS. The van der Waals surface area contributed by atoms with Crippen LogP contribution in [0.25, 0.3) is 0 Å². The normalized spacial score (nSPS) is 10.6. The fourth-order valence-corrected chi connectivity index (χ4v) is 3.87. The molecule has 4 heteroatoms. The lowest BCUT2D eigenvalue weighted by Crippen LogP contribution is -2.01. The van der Waals surface area contributed by atoms with Crippen LogP contribution in [0.15, 0.2) is 33.2 Å². The second-order valence-electron chi connectivity index (χ2n) is 3.82. The maximum absolute atomic E-state index is 12.4. The van der Waals surface area contributed by atoms with E-state index in [2.05, 4.69) is 31.9 Å². The smallest absolute Gasteiger partial charge is 0.204 e. The summed E-state index contributed by atoms with van der Waals surface area (Å²) in [7, 11) is 0. The Bertz CT molecular complexity index is 587. The number of halogens is 2. The van der Waals surface area contributed by atoms with E-state index in [9.17, 15) is 4.79 Å². The van der Waals surface area contributed by atoms with Gasteiger partial charge in [-0.1, -0.05) is 15.9 Å². The van der Waals surface area contributed by atoms with Crippen molar-refractivity contribution in [2.75, 3.05) is 0 Å². The van der Waals surface area contributed by atoms with Gasteiger partial charge in [0, 0.05) is 19.4 Å². The van der Waals surface area contributed by atoms with Crippen molar-refractivity contribution >= 4 is 49.0 Å². The molecule has 0 aliphatic carbocycles.